The Morgan fingerprint density at radius 3 is 2.73 bits per heavy atom. The molecule has 2 aliphatic heterocycles. The normalized spacial score (nSPS) is 31.1. The fourth-order valence-corrected chi connectivity index (χ4v) is 5.10. The van der Waals surface area contributed by atoms with Crippen LogP contribution in [0, 0.1) is 0 Å². The summed E-state index contributed by atoms with van der Waals surface area (Å²) in [6, 6.07) is -0.423. The first-order valence-corrected chi connectivity index (χ1v) is 11.9. The van der Waals surface area contributed by atoms with Crippen LogP contribution in [-0.2, 0) is 9.47 Å². The molecule has 186 valence electrons. The van der Waals surface area contributed by atoms with Crippen LogP contribution in [0.4, 0.5) is 14.0 Å². The smallest absolute Gasteiger partial charge is 0.410 e. The molecule has 2 heterocycles. The highest BCUT2D eigenvalue weighted by Crippen LogP contribution is 2.33. The molecule has 2 saturated heterocycles. The molecule has 10 nitrogen and oxygen atoms in total. The Hall–Kier alpha value is -2.26. The Bertz CT molecular complexity index is 756. The predicted molar refractivity (Wildman–Crippen MR) is 121 cm³/mol. The number of azide groups is 1. The van der Waals surface area contributed by atoms with E-state index in [1.807, 2.05) is 27.8 Å². The third-order valence-corrected chi connectivity index (χ3v) is 6.80. The average Bonchev–Trinajstić information content (AvgIpc) is 2.95. The lowest BCUT2D eigenvalue weighted by Crippen LogP contribution is -2.54. The van der Waals surface area contributed by atoms with E-state index in [0.29, 0.717) is 32.5 Å². The molecule has 3 rings (SSSR count). The molecule has 0 N–H and O–H groups in total. The summed E-state index contributed by atoms with van der Waals surface area (Å²) in [7, 11) is 1.95. The van der Waals surface area contributed by atoms with E-state index in [1.165, 1.54) is 0 Å². The summed E-state index contributed by atoms with van der Waals surface area (Å²) in [5.41, 5.74) is 7.91. The maximum Gasteiger partial charge on any atom is 0.410 e. The first kappa shape index (κ1) is 25.4. The van der Waals surface area contributed by atoms with Crippen LogP contribution in [0.1, 0.15) is 59.3 Å². The summed E-state index contributed by atoms with van der Waals surface area (Å²) in [6.45, 7) is 7.15. The first-order valence-electron chi connectivity index (χ1n) is 11.9. The highest BCUT2D eigenvalue weighted by atomic mass is 19.1. The Kier molecular flexibility index (Phi) is 8.28. The summed E-state index contributed by atoms with van der Waals surface area (Å²) in [5.74, 6) is 0. The molecular formula is C22H37FN6O4. The van der Waals surface area contributed by atoms with Gasteiger partial charge in [-0.25, -0.2) is 14.0 Å². The Labute approximate surface area is 195 Å². The fourth-order valence-electron chi connectivity index (χ4n) is 5.10. The van der Waals surface area contributed by atoms with Crippen molar-refractivity contribution >= 4 is 12.2 Å². The van der Waals surface area contributed by atoms with Crippen LogP contribution in [0.2, 0.25) is 0 Å². The standard InChI is InChI=1S/C22H37FN6O4/c1-22(2,3)33-20(30)28-10-6-5-7-16(13-28)27(4)19-9-8-15(11-18(19)23)29-14-17(12-25-26-24)32-21(29)31/h15-19H,5-14H2,1-4H3/t15?,16?,17-,18?,19?/m0/s1. The van der Waals surface area contributed by atoms with Crippen molar-refractivity contribution in [3.05, 3.63) is 10.4 Å². The maximum absolute atomic E-state index is 15.4. The molecule has 2 amide bonds. The number of carbonyl (C=O) groups is 2. The van der Waals surface area contributed by atoms with Crippen molar-refractivity contribution in [2.45, 2.75) is 95.3 Å². The molecule has 3 aliphatic rings. The number of hydrogen-bond donors (Lipinski definition) is 0. The van der Waals surface area contributed by atoms with Crippen molar-refractivity contribution < 1.29 is 23.5 Å². The van der Waals surface area contributed by atoms with E-state index in [2.05, 4.69) is 14.9 Å². The summed E-state index contributed by atoms with van der Waals surface area (Å²) in [5, 5.41) is 3.47. The second-order valence-electron chi connectivity index (χ2n) is 10.4. The topological polar surface area (TPSA) is 111 Å². The van der Waals surface area contributed by atoms with Gasteiger partial charge in [-0.3, -0.25) is 4.90 Å². The largest absolute Gasteiger partial charge is 0.444 e. The number of amides is 2. The zero-order valence-corrected chi connectivity index (χ0v) is 20.2. The van der Waals surface area contributed by atoms with Gasteiger partial charge < -0.3 is 19.3 Å². The van der Waals surface area contributed by atoms with Crippen LogP contribution in [0.5, 0.6) is 0 Å². The highest BCUT2D eigenvalue weighted by molar-refractivity contribution is 5.70. The molecule has 0 bridgehead atoms. The van der Waals surface area contributed by atoms with Crippen LogP contribution < -0.4 is 0 Å². The number of likely N-dealkylation sites (tertiary alicyclic amines) is 1. The molecule has 0 aromatic rings. The Balaban J connectivity index is 1.57. The van der Waals surface area contributed by atoms with Gasteiger partial charge in [0.25, 0.3) is 0 Å². The lowest BCUT2D eigenvalue weighted by atomic mass is 9.87. The third kappa shape index (κ3) is 6.63. The van der Waals surface area contributed by atoms with Crippen LogP contribution in [0.15, 0.2) is 5.11 Å². The van der Waals surface area contributed by atoms with Gasteiger partial charge in [0.05, 0.1) is 13.1 Å². The molecule has 1 saturated carbocycles. The quantitative estimate of drug-likeness (QED) is 0.343. The van der Waals surface area contributed by atoms with E-state index in [4.69, 9.17) is 15.0 Å². The minimum Gasteiger partial charge on any atom is -0.444 e. The van der Waals surface area contributed by atoms with Crippen molar-refractivity contribution in [1.82, 2.24) is 14.7 Å². The molecule has 33 heavy (non-hydrogen) atoms. The molecule has 1 aliphatic carbocycles. The number of halogens is 1. The Morgan fingerprint density at radius 2 is 2.06 bits per heavy atom. The molecule has 11 heteroatoms. The average molecular weight is 469 g/mol. The number of cyclic esters (lactones) is 1. The zero-order chi connectivity index (χ0) is 24.2. The second-order valence-corrected chi connectivity index (χ2v) is 10.4. The van der Waals surface area contributed by atoms with Crippen molar-refractivity contribution in [2.24, 2.45) is 5.11 Å². The number of likely N-dealkylation sites (N-methyl/N-ethyl adjacent to an activating group) is 1. The van der Waals surface area contributed by atoms with E-state index >= 15 is 4.39 Å². The lowest BCUT2D eigenvalue weighted by Gasteiger charge is -2.43. The number of hydrogen-bond acceptors (Lipinski definition) is 6. The van der Waals surface area contributed by atoms with Gasteiger partial charge in [0.1, 0.15) is 17.9 Å². The number of ether oxygens (including phenoxy) is 2. The van der Waals surface area contributed by atoms with Crippen molar-refractivity contribution in [3.8, 4) is 0 Å². The van der Waals surface area contributed by atoms with Gasteiger partial charge in [0, 0.05) is 42.5 Å². The van der Waals surface area contributed by atoms with Gasteiger partial charge >= 0.3 is 12.2 Å². The highest BCUT2D eigenvalue weighted by Gasteiger charge is 2.43. The SMILES string of the molecule is CN(C1CCCCN(C(=O)OC(C)(C)C)C1)C1CCC(N2C[C@H](CN=[N+]=[N-])OC2=O)CC1F. The third-order valence-electron chi connectivity index (χ3n) is 6.80. The lowest BCUT2D eigenvalue weighted by molar-refractivity contribution is 0.00870. The van der Waals surface area contributed by atoms with E-state index < -0.39 is 24.0 Å². The number of nitrogens with zero attached hydrogens (tertiary/aromatic N) is 6. The Morgan fingerprint density at radius 1 is 1.30 bits per heavy atom. The van der Waals surface area contributed by atoms with Crippen molar-refractivity contribution in [1.29, 1.82) is 0 Å². The molecule has 5 atom stereocenters. The van der Waals surface area contributed by atoms with E-state index in [0.717, 1.165) is 19.3 Å². The van der Waals surface area contributed by atoms with Crippen LogP contribution in [0.25, 0.3) is 10.4 Å². The minimum absolute atomic E-state index is 0.0600. The summed E-state index contributed by atoms with van der Waals surface area (Å²) >= 11 is 0. The minimum atomic E-state index is -1.09. The van der Waals surface area contributed by atoms with E-state index in [1.54, 1.807) is 9.80 Å². The molecule has 3 fully saturated rings. The van der Waals surface area contributed by atoms with Gasteiger partial charge in [-0.2, -0.15) is 0 Å². The first-order chi connectivity index (χ1) is 15.6. The molecule has 0 aromatic carbocycles. The summed E-state index contributed by atoms with van der Waals surface area (Å²) in [6.07, 6.45) is 2.00. The number of carbonyl (C=O) groups excluding carboxylic acids is 2. The fraction of sp³-hybridized carbons (Fsp3) is 0.909. The number of rotatable bonds is 5. The van der Waals surface area contributed by atoms with Gasteiger partial charge in [-0.05, 0) is 59.0 Å². The van der Waals surface area contributed by atoms with Gasteiger partial charge in [0.15, 0.2) is 0 Å². The second kappa shape index (κ2) is 10.8. The zero-order valence-electron chi connectivity index (χ0n) is 20.2. The summed E-state index contributed by atoms with van der Waals surface area (Å²) < 4.78 is 26.2. The van der Waals surface area contributed by atoms with Crippen LogP contribution in [-0.4, -0.2) is 96.1 Å². The van der Waals surface area contributed by atoms with Gasteiger partial charge in [0.2, 0.25) is 0 Å². The summed E-state index contributed by atoms with van der Waals surface area (Å²) in [4.78, 5) is 33.0. The monoisotopic (exact) mass is 468 g/mol. The molecule has 4 unspecified atom stereocenters. The van der Waals surface area contributed by atoms with Gasteiger partial charge in [-0.1, -0.05) is 11.5 Å². The molecule has 0 aromatic heterocycles. The van der Waals surface area contributed by atoms with Crippen LogP contribution in [0.3, 0.4) is 0 Å². The molecular weight excluding hydrogens is 431 g/mol. The molecule has 0 radical (unpaired) electrons. The van der Waals surface area contributed by atoms with E-state index in [-0.39, 0.29) is 37.2 Å². The van der Waals surface area contributed by atoms with Crippen molar-refractivity contribution in [2.75, 3.05) is 33.2 Å². The number of alkyl halides is 1. The maximum atomic E-state index is 15.4. The van der Waals surface area contributed by atoms with Crippen molar-refractivity contribution in [3.63, 3.8) is 0 Å². The van der Waals surface area contributed by atoms with E-state index in [9.17, 15) is 9.59 Å². The molecule has 0 spiro atoms. The predicted octanol–water partition coefficient (Wildman–Crippen LogP) is 4.10. The van der Waals surface area contributed by atoms with Gasteiger partial charge in [-0.15, -0.1) is 0 Å². The van der Waals surface area contributed by atoms with Crippen LogP contribution >= 0.6 is 0 Å².